The summed E-state index contributed by atoms with van der Waals surface area (Å²) in [6.45, 7) is -2.76. The second-order valence-corrected chi connectivity index (χ2v) is 10.9. The second kappa shape index (κ2) is 16.9. The van der Waals surface area contributed by atoms with Gasteiger partial charge in [-0.25, -0.2) is 4.79 Å². The summed E-state index contributed by atoms with van der Waals surface area (Å²) in [6.07, 6.45) is -30.0. The van der Waals surface area contributed by atoms with Crippen LogP contribution in [0.4, 0.5) is 0 Å². The highest BCUT2D eigenvalue weighted by Crippen LogP contribution is 2.29. The van der Waals surface area contributed by atoms with Gasteiger partial charge in [0, 0.05) is 0 Å². The Morgan fingerprint density at radius 2 is 0.870 bits per heavy atom. The molecule has 15 N–H and O–H groups in total. The molecule has 0 aliphatic carbocycles. The molecule has 0 aromatic carbocycles. The summed E-state index contributed by atoms with van der Waals surface area (Å²) in [5.41, 5.74) is 0. The summed E-state index contributed by atoms with van der Waals surface area (Å²) in [7, 11) is 0. The highest BCUT2D eigenvalue weighted by Gasteiger charge is 2.52. The van der Waals surface area contributed by atoms with Crippen LogP contribution in [0.25, 0.3) is 0 Å². The minimum atomic E-state index is -1.92. The van der Waals surface area contributed by atoms with Gasteiger partial charge in [0.05, 0.1) is 26.4 Å². The zero-order valence-electron chi connectivity index (χ0n) is 23.9. The number of ether oxygens (including phenoxy) is 6. The molecule has 4 heterocycles. The van der Waals surface area contributed by atoms with E-state index in [1.165, 1.54) is 0 Å². The second-order valence-electron chi connectivity index (χ2n) is 10.9. The average molecular weight is 683 g/mol. The zero-order chi connectivity index (χ0) is 34.6. The van der Waals surface area contributed by atoms with Crippen LogP contribution < -0.4 is 0 Å². The van der Waals surface area contributed by atoms with Gasteiger partial charge in [0.2, 0.25) is 0 Å². The third kappa shape index (κ3) is 8.27. The van der Waals surface area contributed by atoms with Gasteiger partial charge in [-0.05, 0) is 0 Å². The molecular weight excluding hydrogens is 640 g/mol. The van der Waals surface area contributed by atoms with Crippen LogP contribution in [0.5, 0.6) is 0 Å². The Labute approximate surface area is 259 Å². The third-order valence-electron chi connectivity index (χ3n) is 7.83. The molecule has 270 valence electrons. The Morgan fingerprint density at radius 3 is 1.28 bits per heavy atom. The van der Waals surface area contributed by atoms with Crippen molar-refractivity contribution < 1.29 is 110 Å². The molecule has 22 heteroatoms. The molecule has 15 unspecified atom stereocenters. The summed E-state index contributed by atoms with van der Waals surface area (Å²) >= 11 is 0. The Balaban J connectivity index is 0.000000250. The molecule has 4 fully saturated rings. The Kier molecular flexibility index (Phi) is 14.3. The first-order valence-corrected chi connectivity index (χ1v) is 14.0. The number of hydrogen-bond donors (Lipinski definition) is 15. The number of hydrogen-bond acceptors (Lipinski definition) is 22. The van der Waals surface area contributed by atoms with Crippen molar-refractivity contribution in [1.82, 2.24) is 0 Å². The molecule has 46 heavy (non-hydrogen) atoms. The van der Waals surface area contributed by atoms with Crippen molar-refractivity contribution in [2.24, 2.45) is 0 Å². The molecule has 4 saturated heterocycles. The number of cyclic esters (lactones) is 1. The Bertz CT molecular complexity index is 938. The van der Waals surface area contributed by atoms with E-state index in [0.717, 1.165) is 0 Å². The first kappa shape index (κ1) is 39.1. The lowest BCUT2D eigenvalue weighted by atomic mass is 9.97. The van der Waals surface area contributed by atoms with Gasteiger partial charge in [-0.2, -0.15) is 0 Å². The Hall–Kier alpha value is -1.33. The molecule has 4 aliphatic heterocycles. The van der Waals surface area contributed by atoms with Crippen molar-refractivity contribution >= 4 is 5.97 Å². The van der Waals surface area contributed by atoms with Gasteiger partial charge in [0.25, 0.3) is 0 Å². The van der Waals surface area contributed by atoms with E-state index in [1.807, 2.05) is 0 Å². The van der Waals surface area contributed by atoms with E-state index in [4.69, 9.17) is 33.9 Å². The van der Waals surface area contributed by atoms with Crippen molar-refractivity contribution in [3.8, 4) is 0 Å². The first-order chi connectivity index (χ1) is 21.6. The normalized spacial score (nSPS) is 49.9. The first-order valence-electron chi connectivity index (χ1n) is 14.0. The van der Waals surface area contributed by atoms with Gasteiger partial charge in [-0.1, -0.05) is 0 Å². The number of aliphatic hydroxyl groups excluding tert-OH is 15. The fourth-order valence-corrected chi connectivity index (χ4v) is 5.04. The van der Waals surface area contributed by atoms with Gasteiger partial charge in [0.1, 0.15) is 85.5 Å². The molecule has 0 spiro atoms. The summed E-state index contributed by atoms with van der Waals surface area (Å²) in [5, 5.41) is 143. The van der Waals surface area contributed by atoms with Gasteiger partial charge < -0.3 is 105 Å². The monoisotopic (exact) mass is 682 g/mol. The van der Waals surface area contributed by atoms with Crippen molar-refractivity contribution in [2.45, 2.75) is 117 Å². The van der Waals surface area contributed by atoms with Crippen LogP contribution in [0.1, 0.15) is 0 Å². The van der Waals surface area contributed by atoms with E-state index in [1.54, 1.807) is 0 Å². The lowest BCUT2D eigenvalue weighted by molar-refractivity contribution is -0.355. The molecule has 0 radical (unpaired) electrons. The van der Waals surface area contributed by atoms with E-state index in [2.05, 4.69) is 4.74 Å². The van der Waals surface area contributed by atoms with Gasteiger partial charge in [-0.15, -0.1) is 0 Å². The lowest BCUT2D eigenvalue weighted by Gasteiger charge is -2.45. The molecule has 0 aromatic rings. The van der Waals surface area contributed by atoms with Crippen LogP contribution in [0.3, 0.4) is 0 Å². The van der Waals surface area contributed by atoms with Crippen LogP contribution in [0, 0.1) is 0 Å². The molecule has 0 aromatic heterocycles. The highest BCUT2D eigenvalue weighted by molar-refractivity contribution is 5.76. The Morgan fingerprint density at radius 1 is 0.457 bits per heavy atom. The number of carbonyl (C=O) groups excluding carboxylic acids is 1. The topological polar surface area (TPSA) is 376 Å². The predicted octanol–water partition coefficient (Wildman–Crippen LogP) is -10.6. The van der Waals surface area contributed by atoms with Crippen LogP contribution >= 0.6 is 0 Å². The lowest BCUT2D eigenvalue weighted by Crippen LogP contribution is -2.64. The minimum Gasteiger partial charge on any atom is -0.455 e. The standard InChI is InChI=1S/C12H22O11.C12H20O11/c2*13-1-3-5(15)6(16)9(19)12(22-3)23-10-4(2-14)21-11(20)8(18)7(10)17/h3-20H,1-2H2;3-10,12-19H,1-2H2/t3?,4?,5?,6?,7?,8?,9?,10-,11?,12-;3?,4?,5?,6?,7?,8?,9?,10-,12-/m00/s1. The zero-order valence-corrected chi connectivity index (χ0v) is 23.9. The maximum absolute atomic E-state index is 11.3. The molecule has 4 aliphatic rings. The van der Waals surface area contributed by atoms with Crippen molar-refractivity contribution in [3.63, 3.8) is 0 Å². The molecule has 4 rings (SSSR count). The third-order valence-corrected chi connectivity index (χ3v) is 7.83. The summed E-state index contributed by atoms with van der Waals surface area (Å²) in [5.74, 6) is -1.15. The average Bonchev–Trinajstić information content (AvgIpc) is 3.05. The van der Waals surface area contributed by atoms with E-state index in [9.17, 15) is 71.2 Å². The quantitative estimate of drug-likeness (QED) is 0.106. The summed E-state index contributed by atoms with van der Waals surface area (Å²) in [6, 6.07) is 0. The van der Waals surface area contributed by atoms with Crippen LogP contribution in [0.2, 0.25) is 0 Å². The van der Waals surface area contributed by atoms with Gasteiger partial charge >= 0.3 is 5.97 Å². The predicted molar refractivity (Wildman–Crippen MR) is 136 cm³/mol. The molecule has 0 bridgehead atoms. The van der Waals surface area contributed by atoms with E-state index in [-0.39, 0.29) is 0 Å². The number of rotatable bonds is 8. The highest BCUT2D eigenvalue weighted by atomic mass is 16.7. The van der Waals surface area contributed by atoms with Crippen LogP contribution in [-0.2, 0) is 33.2 Å². The smallest absolute Gasteiger partial charge is 0.338 e. The molecule has 0 amide bonds. The SMILES string of the molecule is O=C1OC(CO)[C@H](O[C@@H]2OC(CO)C(O)C(O)C2O)C(O)C1O.OCC1O[C@@H](O[C@H]2C(CO)OC(O)C(O)C2O)C(O)C(O)C1O. The summed E-state index contributed by atoms with van der Waals surface area (Å²) < 4.78 is 30.3. The molecular formula is C24H42O22. The van der Waals surface area contributed by atoms with Gasteiger partial charge in [0.15, 0.2) is 31.1 Å². The van der Waals surface area contributed by atoms with Crippen molar-refractivity contribution in [3.05, 3.63) is 0 Å². The maximum Gasteiger partial charge on any atom is 0.338 e. The fourth-order valence-electron chi connectivity index (χ4n) is 5.04. The number of carbonyl (C=O) groups is 1. The minimum absolute atomic E-state index is 0.667. The largest absolute Gasteiger partial charge is 0.455 e. The van der Waals surface area contributed by atoms with Crippen LogP contribution in [0.15, 0.2) is 0 Å². The van der Waals surface area contributed by atoms with Gasteiger partial charge in [-0.3, -0.25) is 0 Å². The number of esters is 1. The molecule has 0 saturated carbocycles. The van der Waals surface area contributed by atoms with Crippen molar-refractivity contribution in [2.75, 3.05) is 26.4 Å². The maximum atomic E-state index is 11.3. The number of aliphatic hydroxyl groups is 15. The van der Waals surface area contributed by atoms with Crippen molar-refractivity contribution in [1.29, 1.82) is 0 Å². The summed E-state index contributed by atoms with van der Waals surface area (Å²) in [4.78, 5) is 11.3. The van der Waals surface area contributed by atoms with E-state index < -0.39 is 149 Å². The van der Waals surface area contributed by atoms with Crippen LogP contribution in [-0.4, -0.2) is 226 Å². The van der Waals surface area contributed by atoms with E-state index >= 15 is 0 Å². The molecule has 22 nitrogen and oxygen atoms in total. The van der Waals surface area contributed by atoms with E-state index in [0.29, 0.717) is 0 Å². The fraction of sp³-hybridized carbons (Fsp3) is 0.958. The molecule has 19 atom stereocenters.